The van der Waals surface area contributed by atoms with Crippen LogP contribution in [-0.2, 0) is 5.41 Å². The average Bonchev–Trinajstić information content (AvgIpc) is 3.69. The maximum Gasteiger partial charge on any atom is 0.164 e. The Morgan fingerprint density at radius 1 is 0.353 bits per heavy atom. The Hall–Kier alpha value is -6.96. The first kappa shape index (κ1) is 29.0. The molecule has 4 nitrogen and oxygen atoms in total. The Balaban J connectivity index is 1.16. The van der Waals surface area contributed by atoms with Crippen LogP contribution in [0.25, 0.3) is 67.5 Å². The quantitative estimate of drug-likeness (QED) is 0.191. The third-order valence-electron chi connectivity index (χ3n) is 10.4. The molecular formula is C47H28N4. The number of nitrogens with zero attached hydrogens (tertiary/aromatic N) is 4. The van der Waals surface area contributed by atoms with Crippen molar-refractivity contribution < 1.29 is 0 Å². The molecule has 0 fully saturated rings. The van der Waals surface area contributed by atoms with Gasteiger partial charge in [-0.25, -0.2) is 15.0 Å². The Labute approximate surface area is 296 Å². The average molecular weight is 649 g/mol. The van der Waals surface area contributed by atoms with Crippen LogP contribution in [0, 0.1) is 11.3 Å². The zero-order valence-electron chi connectivity index (χ0n) is 27.5. The fourth-order valence-electron chi connectivity index (χ4n) is 8.30. The van der Waals surface area contributed by atoms with Gasteiger partial charge >= 0.3 is 0 Å². The lowest BCUT2D eigenvalue weighted by Gasteiger charge is -2.30. The minimum Gasteiger partial charge on any atom is -0.208 e. The summed E-state index contributed by atoms with van der Waals surface area (Å²) in [5, 5.41) is 10.5. The maximum atomic E-state index is 10.5. The van der Waals surface area contributed by atoms with Gasteiger partial charge in [0.15, 0.2) is 17.5 Å². The van der Waals surface area contributed by atoms with E-state index >= 15 is 0 Å². The molecule has 0 unspecified atom stereocenters. The van der Waals surface area contributed by atoms with Crippen molar-refractivity contribution in [2.45, 2.75) is 5.41 Å². The lowest BCUT2D eigenvalue weighted by atomic mass is 9.70. The van der Waals surface area contributed by atoms with Crippen molar-refractivity contribution in [1.29, 1.82) is 5.26 Å². The SMILES string of the molecule is N#Cc1cccc2c1-c1c(-c3ccc(-c4nc(-c5ccccc5)nc(-c5ccccc5)n4)cc3)cccc1C21c2ccccc2-c2ccccc21. The summed E-state index contributed by atoms with van der Waals surface area (Å²) in [5.41, 5.74) is 14.6. The molecule has 0 amide bonds. The zero-order chi connectivity index (χ0) is 33.9. The lowest BCUT2D eigenvalue weighted by Crippen LogP contribution is -2.25. The molecule has 7 aromatic carbocycles. The molecule has 236 valence electrons. The van der Waals surface area contributed by atoms with Crippen molar-refractivity contribution in [2.75, 3.05) is 0 Å². The smallest absolute Gasteiger partial charge is 0.164 e. The van der Waals surface area contributed by atoms with Crippen molar-refractivity contribution in [3.63, 3.8) is 0 Å². The highest BCUT2D eigenvalue weighted by molar-refractivity contribution is 6.01. The Morgan fingerprint density at radius 2 is 0.765 bits per heavy atom. The fourth-order valence-corrected chi connectivity index (χ4v) is 8.30. The largest absolute Gasteiger partial charge is 0.208 e. The molecule has 4 heteroatoms. The summed E-state index contributed by atoms with van der Waals surface area (Å²) in [4.78, 5) is 14.7. The van der Waals surface area contributed by atoms with Crippen LogP contribution in [-0.4, -0.2) is 15.0 Å². The van der Waals surface area contributed by atoms with E-state index in [2.05, 4.69) is 103 Å². The van der Waals surface area contributed by atoms with E-state index in [1.807, 2.05) is 72.8 Å². The molecule has 1 aromatic heterocycles. The highest BCUT2D eigenvalue weighted by Gasteiger charge is 2.52. The molecule has 8 aromatic rings. The first-order valence-corrected chi connectivity index (χ1v) is 17.1. The van der Waals surface area contributed by atoms with Crippen molar-refractivity contribution in [2.24, 2.45) is 0 Å². The van der Waals surface area contributed by atoms with E-state index in [0.717, 1.165) is 44.5 Å². The summed E-state index contributed by atoms with van der Waals surface area (Å²) < 4.78 is 0. The van der Waals surface area contributed by atoms with Crippen LogP contribution >= 0.6 is 0 Å². The van der Waals surface area contributed by atoms with E-state index in [1.165, 1.54) is 27.8 Å². The van der Waals surface area contributed by atoms with Crippen molar-refractivity contribution >= 4 is 0 Å². The number of rotatable bonds is 4. The molecule has 10 rings (SSSR count). The fraction of sp³-hybridized carbons (Fsp3) is 0.0213. The van der Waals surface area contributed by atoms with Gasteiger partial charge < -0.3 is 0 Å². The Bertz CT molecular complexity index is 2590. The summed E-state index contributed by atoms with van der Waals surface area (Å²) in [6, 6.07) is 61.4. The highest BCUT2D eigenvalue weighted by atomic mass is 15.0. The monoisotopic (exact) mass is 648 g/mol. The third kappa shape index (κ3) is 4.22. The second kappa shape index (κ2) is 11.3. The minimum absolute atomic E-state index is 0.521. The highest BCUT2D eigenvalue weighted by Crippen LogP contribution is 2.64. The molecule has 0 bridgehead atoms. The summed E-state index contributed by atoms with van der Waals surface area (Å²) in [6.45, 7) is 0. The second-order valence-corrected chi connectivity index (χ2v) is 13.0. The van der Waals surface area contributed by atoms with Gasteiger partial charge in [0.25, 0.3) is 0 Å². The van der Waals surface area contributed by atoms with Gasteiger partial charge in [-0.3, -0.25) is 0 Å². The van der Waals surface area contributed by atoms with Gasteiger partial charge in [0, 0.05) is 22.3 Å². The topological polar surface area (TPSA) is 62.5 Å². The van der Waals surface area contributed by atoms with Gasteiger partial charge in [0.1, 0.15) is 0 Å². The van der Waals surface area contributed by atoms with Gasteiger partial charge in [-0.15, -0.1) is 0 Å². The summed E-state index contributed by atoms with van der Waals surface area (Å²) in [7, 11) is 0. The van der Waals surface area contributed by atoms with E-state index < -0.39 is 5.41 Å². The van der Waals surface area contributed by atoms with Crippen molar-refractivity contribution in [3.05, 3.63) is 198 Å². The summed E-state index contributed by atoms with van der Waals surface area (Å²) in [5.74, 6) is 1.88. The third-order valence-corrected chi connectivity index (χ3v) is 10.4. The van der Waals surface area contributed by atoms with E-state index in [9.17, 15) is 5.26 Å². The molecule has 0 N–H and O–H groups in total. The number of hydrogen-bond acceptors (Lipinski definition) is 4. The molecule has 1 spiro atoms. The van der Waals surface area contributed by atoms with Crippen LogP contribution in [0.5, 0.6) is 0 Å². The second-order valence-electron chi connectivity index (χ2n) is 13.0. The predicted octanol–water partition coefficient (Wildman–Crippen LogP) is 10.8. The van der Waals surface area contributed by atoms with Gasteiger partial charge in [0.05, 0.1) is 17.0 Å². The zero-order valence-corrected chi connectivity index (χ0v) is 27.5. The number of aromatic nitrogens is 3. The normalized spacial score (nSPS) is 12.8. The Morgan fingerprint density at radius 3 is 1.31 bits per heavy atom. The van der Waals surface area contributed by atoms with Crippen LogP contribution < -0.4 is 0 Å². The lowest BCUT2D eigenvalue weighted by molar-refractivity contribution is 0.793. The Kier molecular flexibility index (Phi) is 6.43. The minimum atomic E-state index is -0.521. The van der Waals surface area contributed by atoms with Crippen LogP contribution in [0.2, 0.25) is 0 Å². The molecule has 0 saturated heterocycles. The molecule has 51 heavy (non-hydrogen) atoms. The first-order valence-electron chi connectivity index (χ1n) is 17.1. The van der Waals surface area contributed by atoms with E-state index in [-0.39, 0.29) is 0 Å². The molecular weight excluding hydrogens is 621 g/mol. The van der Waals surface area contributed by atoms with Gasteiger partial charge in [-0.05, 0) is 56.1 Å². The summed E-state index contributed by atoms with van der Waals surface area (Å²) in [6.07, 6.45) is 0. The van der Waals surface area contributed by atoms with E-state index in [0.29, 0.717) is 23.0 Å². The van der Waals surface area contributed by atoms with Crippen LogP contribution in [0.4, 0.5) is 0 Å². The molecule has 2 aliphatic rings. The van der Waals surface area contributed by atoms with Crippen molar-refractivity contribution in [3.8, 4) is 73.6 Å². The van der Waals surface area contributed by atoms with E-state index in [4.69, 9.17) is 15.0 Å². The molecule has 0 saturated carbocycles. The summed E-state index contributed by atoms with van der Waals surface area (Å²) >= 11 is 0. The molecule has 0 aliphatic heterocycles. The van der Waals surface area contributed by atoms with Gasteiger partial charge in [0.2, 0.25) is 0 Å². The number of fused-ring (bicyclic) bond motifs is 10. The number of benzene rings is 7. The van der Waals surface area contributed by atoms with Crippen LogP contribution in [0.1, 0.15) is 27.8 Å². The number of nitriles is 1. The van der Waals surface area contributed by atoms with Gasteiger partial charge in [-0.1, -0.05) is 164 Å². The maximum absolute atomic E-state index is 10.5. The van der Waals surface area contributed by atoms with Crippen LogP contribution in [0.3, 0.4) is 0 Å². The van der Waals surface area contributed by atoms with E-state index in [1.54, 1.807) is 0 Å². The molecule has 0 radical (unpaired) electrons. The number of hydrogen-bond donors (Lipinski definition) is 0. The first-order chi connectivity index (χ1) is 25.3. The standard InChI is InChI=1S/C47H28N4/c48-29-34-17-11-23-40-42(34)43-35(20-12-24-41(43)47(40)38-21-9-7-18-36(38)37-19-8-10-22-39(37)47)30-25-27-33(28-26-30)46-50-44(31-13-3-1-4-14-31)49-45(51-46)32-15-5-2-6-16-32/h1-28H. The molecule has 2 aliphatic carbocycles. The van der Waals surface area contributed by atoms with Crippen LogP contribution in [0.15, 0.2) is 170 Å². The van der Waals surface area contributed by atoms with Crippen molar-refractivity contribution in [1.82, 2.24) is 15.0 Å². The predicted molar refractivity (Wildman–Crippen MR) is 203 cm³/mol. The molecule has 0 atom stereocenters. The molecule has 1 heterocycles. The van der Waals surface area contributed by atoms with Gasteiger partial charge in [-0.2, -0.15) is 5.26 Å².